The number of benzene rings is 1. The number of ether oxygens (including phenoxy) is 1. The van der Waals surface area contributed by atoms with Crippen molar-refractivity contribution in [2.75, 3.05) is 26.8 Å². The Morgan fingerprint density at radius 2 is 2.10 bits per heavy atom. The van der Waals surface area contributed by atoms with Crippen LogP contribution < -0.4 is 10.6 Å². The molecular weight excluding hydrogens is 381 g/mol. The van der Waals surface area contributed by atoms with Crippen LogP contribution >= 0.6 is 24.0 Å². The minimum atomic E-state index is 0. The number of fused-ring (bicyclic) bond motifs is 1. The van der Waals surface area contributed by atoms with Crippen LogP contribution in [0.25, 0.3) is 11.0 Å². The number of nitrogens with one attached hydrogen (secondary N) is 2. The second-order valence-electron chi connectivity index (χ2n) is 4.37. The van der Waals surface area contributed by atoms with Crippen molar-refractivity contribution in [2.24, 2.45) is 4.99 Å². The maximum Gasteiger partial charge on any atom is 0.191 e. The Labute approximate surface area is 142 Å². The van der Waals surface area contributed by atoms with Gasteiger partial charge in [0, 0.05) is 25.6 Å². The van der Waals surface area contributed by atoms with E-state index in [1.54, 1.807) is 7.11 Å². The van der Waals surface area contributed by atoms with Crippen LogP contribution in [0.1, 0.15) is 12.7 Å². The zero-order valence-electron chi connectivity index (χ0n) is 12.4. The molecule has 0 spiro atoms. The fourth-order valence-corrected chi connectivity index (χ4v) is 1.88. The third-order valence-corrected chi connectivity index (χ3v) is 2.81. The van der Waals surface area contributed by atoms with Crippen LogP contribution in [0.4, 0.5) is 0 Å². The summed E-state index contributed by atoms with van der Waals surface area (Å²) >= 11 is 0. The number of hydrogen-bond acceptors (Lipinski definition) is 3. The molecule has 0 saturated carbocycles. The summed E-state index contributed by atoms with van der Waals surface area (Å²) in [5, 5.41) is 7.49. The summed E-state index contributed by atoms with van der Waals surface area (Å²) < 4.78 is 10.7. The maximum atomic E-state index is 5.73. The number of guanidine groups is 1. The van der Waals surface area contributed by atoms with Gasteiger partial charge in [0.05, 0.1) is 6.61 Å². The second kappa shape index (κ2) is 9.62. The van der Waals surface area contributed by atoms with Crippen LogP contribution in [-0.4, -0.2) is 32.8 Å². The van der Waals surface area contributed by atoms with Gasteiger partial charge in [-0.15, -0.1) is 24.0 Å². The van der Waals surface area contributed by atoms with Gasteiger partial charge in [0.1, 0.15) is 17.9 Å². The van der Waals surface area contributed by atoms with E-state index in [1.807, 2.05) is 37.3 Å². The Bertz CT molecular complexity index is 536. The van der Waals surface area contributed by atoms with Crippen molar-refractivity contribution >= 4 is 40.9 Å². The minimum absolute atomic E-state index is 0. The number of aliphatic imine (C=N–C) groups is 1. The van der Waals surface area contributed by atoms with Gasteiger partial charge >= 0.3 is 0 Å². The summed E-state index contributed by atoms with van der Waals surface area (Å²) in [6.07, 6.45) is 0. The lowest BCUT2D eigenvalue weighted by Crippen LogP contribution is -2.38. The summed E-state index contributed by atoms with van der Waals surface area (Å²) in [6.45, 7) is 4.74. The Morgan fingerprint density at radius 1 is 1.29 bits per heavy atom. The van der Waals surface area contributed by atoms with Gasteiger partial charge in [0.25, 0.3) is 0 Å². The molecule has 0 aliphatic heterocycles. The molecule has 116 valence electrons. The highest BCUT2D eigenvalue weighted by Gasteiger charge is 2.03. The van der Waals surface area contributed by atoms with Gasteiger partial charge in [0.2, 0.25) is 0 Å². The molecule has 2 aromatic rings. The number of furan rings is 1. The molecule has 0 saturated heterocycles. The van der Waals surface area contributed by atoms with Gasteiger partial charge in [-0.05, 0) is 19.1 Å². The summed E-state index contributed by atoms with van der Waals surface area (Å²) in [4.78, 5) is 4.50. The first-order valence-corrected chi connectivity index (χ1v) is 6.82. The number of para-hydroxylation sites is 1. The molecule has 1 heterocycles. The van der Waals surface area contributed by atoms with E-state index in [4.69, 9.17) is 9.15 Å². The Morgan fingerprint density at radius 3 is 2.81 bits per heavy atom. The van der Waals surface area contributed by atoms with Gasteiger partial charge in [-0.1, -0.05) is 18.2 Å². The fourth-order valence-electron chi connectivity index (χ4n) is 1.88. The van der Waals surface area contributed by atoms with Crippen molar-refractivity contribution in [2.45, 2.75) is 13.5 Å². The summed E-state index contributed by atoms with van der Waals surface area (Å²) in [5.41, 5.74) is 0.898. The molecule has 6 heteroatoms. The molecule has 0 bridgehead atoms. The topological polar surface area (TPSA) is 58.8 Å². The van der Waals surface area contributed by atoms with E-state index in [1.165, 1.54) is 0 Å². The molecule has 2 N–H and O–H groups in total. The van der Waals surface area contributed by atoms with E-state index >= 15 is 0 Å². The first kappa shape index (κ1) is 17.8. The zero-order chi connectivity index (χ0) is 14.2. The van der Waals surface area contributed by atoms with Gasteiger partial charge in [0.15, 0.2) is 5.96 Å². The zero-order valence-corrected chi connectivity index (χ0v) is 14.7. The summed E-state index contributed by atoms with van der Waals surface area (Å²) in [6, 6.07) is 9.99. The molecule has 2 rings (SSSR count). The average molecular weight is 403 g/mol. The quantitative estimate of drug-likeness (QED) is 0.337. The molecule has 0 amide bonds. The summed E-state index contributed by atoms with van der Waals surface area (Å²) in [7, 11) is 1.68. The van der Waals surface area contributed by atoms with Gasteiger partial charge in [-0.3, -0.25) is 0 Å². The largest absolute Gasteiger partial charge is 0.459 e. The normalized spacial score (nSPS) is 11.2. The van der Waals surface area contributed by atoms with Crippen LogP contribution in [0.3, 0.4) is 0 Å². The lowest BCUT2D eigenvalue weighted by atomic mass is 10.2. The SMILES string of the molecule is CCNC(=NCc1cc2ccccc2o1)NCCOC.I. The Kier molecular flexibility index (Phi) is 8.14. The van der Waals surface area contributed by atoms with Crippen molar-refractivity contribution in [1.29, 1.82) is 0 Å². The highest BCUT2D eigenvalue weighted by molar-refractivity contribution is 14.0. The van der Waals surface area contributed by atoms with Crippen molar-refractivity contribution in [1.82, 2.24) is 10.6 Å². The van der Waals surface area contributed by atoms with Gasteiger partial charge in [-0.25, -0.2) is 4.99 Å². The third kappa shape index (κ3) is 5.55. The van der Waals surface area contributed by atoms with Crippen LogP contribution in [0, 0.1) is 0 Å². The number of hydrogen-bond donors (Lipinski definition) is 2. The molecule has 0 radical (unpaired) electrons. The van der Waals surface area contributed by atoms with Gasteiger partial charge < -0.3 is 19.8 Å². The van der Waals surface area contributed by atoms with Crippen molar-refractivity contribution in [3.8, 4) is 0 Å². The lowest BCUT2D eigenvalue weighted by Gasteiger charge is -2.10. The average Bonchev–Trinajstić information content (AvgIpc) is 2.87. The standard InChI is InChI=1S/C15H21N3O2.HI/c1-3-16-15(17-8-9-19-2)18-11-13-10-12-6-4-5-7-14(12)20-13;/h4-7,10H,3,8-9,11H2,1-2H3,(H2,16,17,18);1H. The first-order chi connectivity index (χ1) is 9.83. The molecule has 1 aromatic heterocycles. The van der Waals surface area contributed by atoms with E-state index in [2.05, 4.69) is 15.6 Å². The van der Waals surface area contributed by atoms with E-state index in [0.717, 1.165) is 35.8 Å². The molecule has 0 fully saturated rings. The third-order valence-electron chi connectivity index (χ3n) is 2.81. The Hall–Kier alpha value is -1.28. The predicted octanol–water partition coefficient (Wildman–Crippen LogP) is 2.75. The highest BCUT2D eigenvalue weighted by Crippen LogP contribution is 2.19. The first-order valence-electron chi connectivity index (χ1n) is 6.82. The minimum Gasteiger partial charge on any atom is -0.459 e. The van der Waals surface area contributed by atoms with E-state index in [-0.39, 0.29) is 24.0 Å². The molecule has 0 aliphatic rings. The van der Waals surface area contributed by atoms with Crippen molar-refractivity contribution < 1.29 is 9.15 Å². The molecule has 0 unspecified atom stereocenters. The number of rotatable bonds is 6. The van der Waals surface area contributed by atoms with Crippen LogP contribution in [-0.2, 0) is 11.3 Å². The number of halogens is 1. The van der Waals surface area contributed by atoms with E-state index in [9.17, 15) is 0 Å². The Balaban J connectivity index is 0.00000220. The van der Waals surface area contributed by atoms with Gasteiger partial charge in [-0.2, -0.15) is 0 Å². The van der Waals surface area contributed by atoms with Crippen molar-refractivity contribution in [3.63, 3.8) is 0 Å². The highest BCUT2D eigenvalue weighted by atomic mass is 127. The molecular formula is C15H22IN3O2. The molecule has 1 aromatic carbocycles. The van der Waals surface area contributed by atoms with E-state index < -0.39 is 0 Å². The van der Waals surface area contributed by atoms with Crippen LogP contribution in [0.15, 0.2) is 39.7 Å². The molecule has 5 nitrogen and oxygen atoms in total. The number of nitrogens with zero attached hydrogens (tertiary/aromatic N) is 1. The van der Waals surface area contributed by atoms with Crippen LogP contribution in [0.5, 0.6) is 0 Å². The summed E-state index contributed by atoms with van der Waals surface area (Å²) in [5.74, 6) is 1.63. The second-order valence-corrected chi connectivity index (χ2v) is 4.37. The van der Waals surface area contributed by atoms with Crippen molar-refractivity contribution in [3.05, 3.63) is 36.1 Å². The smallest absolute Gasteiger partial charge is 0.191 e. The predicted molar refractivity (Wildman–Crippen MR) is 96.3 cm³/mol. The van der Waals surface area contributed by atoms with E-state index in [0.29, 0.717) is 13.2 Å². The molecule has 0 atom stereocenters. The lowest BCUT2D eigenvalue weighted by molar-refractivity contribution is 0.203. The number of methoxy groups -OCH3 is 1. The van der Waals surface area contributed by atoms with Crippen LogP contribution in [0.2, 0.25) is 0 Å². The fraction of sp³-hybridized carbons (Fsp3) is 0.400. The molecule has 21 heavy (non-hydrogen) atoms. The maximum absolute atomic E-state index is 5.73. The molecule has 0 aliphatic carbocycles. The monoisotopic (exact) mass is 403 g/mol.